The van der Waals surface area contributed by atoms with Gasteiger partial charge in [-0.15, -0.1) is 0 Å². The fourth-order valence-corrected chi connectivity index (χ4v) is 2.26. The Balaban J connectivity index is 1.95. The van der Waals surface area contributed by atoms with E-state index in [9.17, 15) is 4.57 Å². The van der Waals surface area contributed by atoms with Crippen molar-refractivity contribution in [2.45, 2.75) is 13.3 Å². The average Bonchev–Trinajstić information content (AvgIpc) is 2.59. The van der Waals surface area contributed by atoms with Crippen LogP contribution in [0.25, 0.3) is 0 Å². The van der Waals surface area contributed by atoms with Crippen LogP contribution in [-0.2, 0) is 18.4 Å². The zero-order valence-corrected chi connectivity index (χ0v) is 13.0. The molecule has 0 aliphatic carbocycles. The standard InChI is InChI=1S/C15H17O6P/c1-2-13-17-22(16,20-18-14-9-5-3-6-10-14)21-19-15-11-7-4-8-12-15/h3-12H,2,13H2,1H3. The Bertz CT molecular complexity index is 542. The monoisotopic (exact) mass is 324 g/mol. The Labute approximate surface area is 129 Å². The van der Waals surface area contributed by atoms with Crippen molar-refractivity contribution in [3.63, 3.8) is 0 Å². The van der Waals surface area contributed by atoms with E-state index in [2.05, 4.69) is 0 Å². The lowest BCUT2D eigenvalue weighted by Gasteiger charge is -2.15. The summed E-state index contributed by atoms with van der Waals surface area (Å²) in [5.74, 6) is 0.734. The van der Waals surface area contributed by atoms with Gasteiger partial charge in [-0.2, -0.15) is 0 Å². The van der Waals surface area contributed by atoms with Gasteiger partial charge >= 0.3 is 7.82 Å². The zero-order valence-electron chi connectivity index (χ0n) is 12.1. The summed E-state index contributed by atoms with van der Waals surface area (Å²) in [5.41, 5.74) is 0. The molecule has 0 atom stereocenters. The third kappa shape index (κ3) is 5.50. The molecule has 0 radical (unpaired) electrons. The van der Waals surface area contributed by atoms with Crippen molar-refractivity contribution < 1.29 is 28.2 Å². The Morgan fingerprint density at radius 1 is 0.818 bits per heavy atom. The third-order valence-electron chi connectivity index (χ3n) is 2.39. The number of para-hydroxylation sites is 2. The van der Waals surface area contributed by atoms with Crippen LogP contribution in [0.5, 0.6) is 11.5 Å². The molecule has 22 heavy (non-hydrogen) atoms. The Morgan fingerprint density at radius 3 is 1.68 bits per heavy atom. The van der Waals surface area contributed by atoms with E-state index in [1.807, 2.05) is 19.1 Å². The van der Waals surface area contributed by atoms with Gasteiger partial charge in [0.25, 0.3) is 0 Å². The fraction of sp³-hybridized carbons (Fsp3) is 0.200. The predicted octanol–water partition coefficient (Wildman–Crippen LogP) is 4.54. The highest BCUT2D eigenvalue weighted by Crippen LogP contribution is 2.50. The van der Waals surface area contributed by atoms with Gasteiger partial charge in [-0.05, 0) is 30.7 Å². The molecule has 7 heteroatoms. The topological polar surface area (TPSA) is 63.2 Å². The molecule has 0 aliphatic rings. The van der Waals surface area contributed by atoms with E-state index in [-0.39, 0.29) is 6.61 Å². The van der Waals surface area contributed by atoms with Crippen LogP contribution in [0.4, 0.5) is 0 Å². The molecule has 118 valence electrons. The lowest BCUT2D eigenvalue weighted by molar-refractivity contribution is -0.192. The van der Waals surface area contributed by atoms with Gasteiger partial charge in [0.05, 0.1) is 6.61 Å². The summed E-state index contributed by atoms with van der Waals surface area (Å²) in [6, 6.07) is 17.2. The molecule has 0 amide bonds. The molecule has 0 bridgehead atoms. The second-order valence-corrected chi connectivity index (χ2v) is 5.67. The van der Waals surface area contributed by atoms with Crippen molar-refractivity contribution in [3.05, 3.63) is 60.7 Å². The van der Waals surface area contributed by atoms with Crippen molar-refractivity contribution in [3.8, 4) is 11.5 Å². The highest BCUT2D eigenvalue weighted by Gasteiger charge is 2.32. The maximum atomic E-state index is 12.4. The van der Waals surface area contributed by atoms with Crippen LogP contribution in [0, 0.1) is 0 Å². The van der Waals surface area contributed by atoms with E-state index in [1.165, 1.54) is 0 Å². The normalized spacial score (nSPS) is 11.1. The van der Waals surface area contributed by atoms with Crippen molar-refractivity contribution in [2.24, 2.45) is 0 Å². The molecule has 6 nitrogen and oxygen atoms in total. The van der Waals surface area contributed by atoms with Crippen molar-refractivity contribution in [1.82, 2.24) is 0 Å². The van der Waals surface area contributed by atoms with E-state index in [1.54, 1.807) is 48.5 Å². The smallest absolute Gasteiger partial charge is 0.327 e. The fourth-order valence-electron chi connectivity index (χ4n) is 1.39. The van der Waals surface area contributed by atoms with Crippen LogP contribution in [0.3, 0.4) is 0 Å². The van der Waals surface area contributed by atoms with Crippen molar-refractivity contribution in [2.75, 3.05) is 6.61 Å². The molecule has 0 saturated carbocycles. The predicted molar refractivity (Wildman–Crippen MR) is 80.2 cm³/mol. The van der Waals surface area contributed by atoms with E-state index >= 15 is 0 Å². The SMILES string of the molecule is CCCOP(=O)(OOc1ccccc1)OOc1ccccc1. The number of phosphoric acid groups is 1. The van der Waals surface area contributed by atoms with E-state index < -0.39 is 7.82 Å². The van der Waals surface area contributed by atoms with Gasteiger partial charge in [-0.25, -0.2) is 4.57 Å². The highest BCUT2D eigenvalue weighted by atomic mass is 31.2. The minimum Gasteiger partial charge on any atom is -0.327 e. The molecule has 2 aromatic rings. The van der Waals surface area contributed by atoms with Gasteiger partial charge in [-0.1, -0.05) is 52.7 Å². The minimum absolute atomic E-state index is 0.174. The molecule has 0 fully saturated rings. The average molecular weight is 324 g/mol. The molecule has 0 heterocycles. The quantitative estimate of drug-likeness (QED) is 0.383. The maximum absolute atomic E-state index is 12.4. The van der Waals surface area contributed by atoms with Crippen LogP contribution in [-0.4, -0.2) is 6.61 Å². The first-order valence-corrected chi connectivity index (χ1v) is 8.25. The number of hydrogen-bond donors (Lipinski definition) is 0. The summed E-state index contributed by atoms with van der Waals surface area (Å²) in [5, 5.41) is 0. The van der Waals surface area contributed by atoms with Gasteiger partial charge < -0.3 is 9.78 Å². The number of rotatable bonds is 9. The summed E-state index contributed by atoms with van der Waals surface area (Å²) in [4.78, 5) is 9.93. The molecule has 0 N–H and O–H groups in total. The van der Waals surface area contributed by atoms with Crippen LogP contribution >= 0.6 is 7.82 Å². The molecular formula is C15H17O6P. The third-order valence-corrected chi connectivity index (χ3v) is 3.40. The van der Waals surface area contributed by atoms with Crippen LogP contribution in [0.15, 0.2) is 60.7 Å². The molecule has 0 aliphatic heterocycles. The largest absolute Gasteiger partial charge is 0.547 e. The Morgan fingerprint density at radius 2 is 1.27 bits per heavy atom. The first-order valence-electron chi connectivity index (χ1n) is 6.79. The second-order valence-electron chi connectivity index (χ2n) is 4.22. The second kappa shape index (κ2) is 8.56. The van der Waals surface area contributed by atoms with Crippen LogP contribution in [0.1, 0.15) is 13.3 Å². The first-order chi connectivity index (χ1) is 10.7. The molecule has 0 unspecified atom stereocenters. The van der Waals surface area contributed by atoms with E-state index in [0.29, 0.717) is 17.9 Å². The van der Waals surface area contributed by atoms with Gasteiger partial charge in [0.1, 0.15) is 0 Å². The summed E-state index contributed by atoms with van der Waals surface area (Å²) in [6.45, 7) is 2.04. The summed E-state index contributed by atoms with van der Waals surface area (Å²) in [6.07, 6.45) is 0.632. The molecule has 2 aromatic carbocycles. The van der Waals surface area contributed by atoms with Gasteiger partial charge in [0.15, 0.2) is 11.5 Å². The lowest BCUT2D eigenvalue weighted by atomic mass is 10.3. The molecule has 0 spiro atoms. The minimum atomic E-state index is -4.01. The van der Waals surface area contributed by atoms with Gasteiger partial charge in [0, 0.05) is 0 Å². The van der Waals surface area contributed by atoms with E-state index in [4.69, 9.17) is 23.6 Å². The lowest BCUT2D eigenvalue weighted by Crippen LogP contribution is -2.06. The first kappa shape index (κ1) is 16.5. The van der Waals surface area contributed by atoms with E-state index in [0.717, 1.165) is 0 Å². The maximum Gasteiger partial charge on any atom is 0.547 e. The molecule has 2 rings (SSSR count). The summed E-state index contributed by atoms with van der Waals surface area (Å²) < 4.78 is 27.1. The highest BCUT2D eigenvalue weighted by molar-refractivity contribution is 7.48. The molecule has 0 aromatic heterocycles. The Kier molecular flexibility index (Phi) is 6.43. The van der Waals surface area contributed by atoms with Crippen LogP contribution < -0.4 is 9.78 Å². The van der Waals surface area contributed by atoms with Crippen molar-refractivity contribution >= 4 is 7.82 Å². The Hall–Kier alpha value is -1.85. The summed E-state index contributed by atoms with van der Waals surface area (Å²) in [7, 11) is -4.01. The summed E-state index contributed by atoms with van der Waals surface area (Å²) >= 11 is 0. The molecular weight excluding hydrogens is 307 g/mol. The number of benzene rings is 2. The van der Waals surface area contributed by atoms with Crippen molar-refractivity contribution in [1.29, 1.82) is 0 Å². The van der Waals surface area contributed by atoms with Gasteiger partial charge in [0.2, 0.25) is 0 Å². The molecule has 0 saturated heterocycles. The van der Waals surface area contributed by atoms with Crippen LogP contribution in [0.2, 0.25) is 0 Å². The van der Waals surface area contributed by atoms with Gasteiger partial charge in [-0.3, -0.25) is 4.52 Å². The number of hydrogen-bond acceptors (Lipinski definition) is 6. The zero-order chi connectivity index (χ0) is 15.7.